The Balaban J connectivity index is 1.60. The maximum Gasteiger partial charge on any atom is 0.301 e. The third kappa shape index (κ3) is 4.25. The van der Waals surface area contributed by atoms with Crippen LogP contribution in [0, 0.1) is 6.92 Å². The lowest BCUT2D eigenvalue weighted by Gasteiger charge is -2.24. The quantitative estimate of drug-likeness (QED) is 0.159. The van der Waals surface area contributed by atoms with Crippen LogP contribution in [0.15, 0.2) is 66.4 Å². The van der Waals surface area contributed by atoms with Gasteiger partial charge in [-0.25, -0.2) is 9.97 Å². The molecule has 1 unspecified atom stereocenters. The van der Waals surface area contributed by atoms with Crippen LogP contribution in [0.1, 0.15) is 29.9 Å². The fourth-order valence-electron chi connectivity index (χ4n) is 5.12. The largest absolute Gasteiger partial charge is 0.505 e. The summed E-state index contributed by atoms with van der Waals surface area (Å²) < 4.78 is 19.1. The Morgan fingerprint density at radius 2 is 1.85 bits per heavy atom. The maximum absolute atomic E-state index is 13.8. The van der Waals surface area contributed by atoms with Crippen LogP contribution in [0.5, 0.6) is 17.2 Å². The number of aliphatic hydroxyl groups is 1. The number of anilines is 1. The molecular weight excluding hydrogens is 544 g/mol. The Kier molecular flexibility index (Phi) is 6.58. The van der Waals surface area contributed by atoms with Gasteiger partial charge in [0.25, 0.3) is 5.78 Å². The number of thiazole rings is 1. The second kappa shape index (κ2) is 10.3. The van der Waals surface area contributed by atoms with Crippen molar-refractivity contribution in [3.05, 3.63) is 83.3 Å². The summed E-state index contributed by atoms with van der Waals surface area (Å²) in [6.45, 7) is 4.04. The number of methoxy groups -OCH3 is 2. The SMILES string of the molecule is CCOc1ccc(C2/C(=C(\O)c3c(C)nc4ccccn34)C(=O)C(=O)N2c2nc3ccc(OC)cc3s2)cc1OC. The minimum atomic E-state index is -1.00. The fraction of sp³-hybridized carbons (Fsp3) is 0.200. The monoisotopic (exact) mass is 570 g/mol. The van der Waals surface area contributed by atoms with E-state index in [4.69, 9.17) is 14.2 Å². The predicted octanol–water partition coefficient (Wildman–Crippen LogP) is 5.29. The maximum atomic E-state index is 13.8. The third-order valence-corrected chi connectivity index (χ3v) is 7.98. The van der Waals surface area contributed by atoms with Crippen LogP contribution < -0.4 is 19.1 Å². The van der Waals surface area contributed by atoms with E-state index < -0.39 is 17.7 Å². The molecule has 1 amide bonds. The molecule has 208 valence electrons. The summed E-state index contributed by atoms with van der Waals surface area (Å²) in [5.74, 6) is -0.381. The summed E-state index contributed by atoms with van der Waals surface area (Å²) in [6, 6.07) is 15.0. The standard InChI is InChI=1S/C30H26N4O6S/c1-5-40-20-12-9-17(14-21(20)39-4)26-24(27(35)25-16(2)31-23-8-6-7-13-33(23)25)28(36)29(37)34(26)30-32-19-11-10-18(38-3)15-22(19)41-30/h6-15,26,35H,5H2,1-4H3/b27-24+. The van der Waals surface area contributed by atoms with Gasteiger partial charge in [-0.15, -0.1) is 0 Å². The van der Waals surface area contributed by atoms with E-state index in [1.807, 2.05) is 19.1 Å². The highest BCUT2D eigenvalue weighted by Crippen LogP contribution is 2.46. The van der Waals surface area contributed by atoms with Crippen molar-refractivity contribution < 1.29 is 28.9 Å². The molecule has 0 spiro atoms. The molecule has 0 radical (unpaired) electrons. The van der Waals surface area contributed by atoms with Crippen molar-refractivity contribution in [1.82, 2.24) is 14.4 Å². The zero-order chi connectivity index (χ0) is 28.8. The third-order valence-electron chi connectivity index (χ3n) is 6.97. The number of ketones is 1. The zero-order valence-electron chi connectivity index (χ0n) is 22.7. The number of aryl methyl sites for hydroxylation is 1. The van der Waals surface area contributed by atoms with E-state index in [0.717, 1.165) is 4.70 Å². The summed E-state index contributed by atoms with van der Waals surface area (Å²) in [6.07, 6.45) is 1.75. The highest BCUT2D eigenvalue weighted by molar-refractivity contribution is 7.22. The van der Waals surface area contributed by atoms with Crippen molar-refractivity contribution in [3.8, 4) is 17.2 Å². The van der Waals surface area contributed by atoms with Crippen LogP contribution in [-0.2, 0) is 9.59 Å². The molecule has 4 heterocycles. The lowest BCUT2D eigenvalue weighted by molar-refractivity contribution is -0.132. The summed E-state index contributed by atoms with van der Waals surface area (Å²) in [7, 11) is 3.09. The van der Waals surface area contributed by atoms with Gasteiger partial charge in [0.15, 0.2) is 22.4 Å². The molecule has 41 heavy (non-hydrogen) atoms. The van der Waals surface area contributed by atoms with E-state index in [2.05, 4.69) is 9.97 Å². The molecule has 1 fully saturated rings. The average Bonchev–Trinajstić information content (AvgIpc) is 3.63. The van der Waals surface area contributed by atoms with Crippen LogP contribution in [0.2, 0.25) is 0 Å². The number of hydrogen-bond donors (Lipinski definition) is 1. The van der Waals surface area contributed by atoms with Crippen LogP contribution in [0.3, 0.4) is 0 Å². The van der Waals surface area contributed by atoms with E-state index >= 15 is 0 Å². The molecule has 11 heteroatoms. The van der Waals surface area contributed by atoms with Gasteiger partial charge in [-0.3, -0.25) is 18.9 Å². The molecule has 0 saturated carbocycles. The normalized spacial score (nSPS) is 16.6. The van der Waals surface area contributed by atoms with Crippen molar-refractivity contribution >= 4 is 49.8 Å². The van der Waals surface area contributed by atoms with Gasteiger partial charge in [0, 0.05) is 6.20 Å². The lowest BCUT2D eigenvalue weighted by Crippen LogP contribution is -2.29. The highest BCUT2D eigenvalue weighted by atomic mass is 32.1. The second-order valence-corrected chi connectivity index (χ2v) is 10.3. The smallest absolute Gasteiger partial charge is 0.301 e. The van der Waals surface area contributed by atoms with Gasteiger partial charge in [0.05, 0.1) is 48.4 Å². The van der Waals surface area contributed by atoms with Crippen LogP contribution in [0.4, 0.5) is 5.13 Å². The Hall–Kier alpha value is -4.90. The zero-order valence-corrected chi connectivity index (χ0v) is 23.6. The summed E-state index contributed by atoms with van der Waals surface area (Å²) >= 11 is 1.25. The number of benzene rings is 2. The summed E-state index contributed by atoms with van der Waals surface area (Å²) in [5, 5.41) is 12.1. The summed E-state index contributed by atoms with van der Waals surface area (Å²) in [4.78, 5) is 38.0. The number of fused-ring (bicyclic) bond motifs is 2. The Labute approximate surface area is 239 Å². The number of ether oxygens (including phenoxy) is 3. The van der Waals surface area contributed by atoms with Gasteiger partial charge in [-0.05, 0) is 61.9 Å². The molecular formula is C30H26N4O6S. The molecule has 10 nitrogen and oxygen atoms in total. The molecule has 0 aliphatic carbocycles. The first-order chi connectivity index (χ1) is 19.9. The fourth-order valence-corrected chi connectivity index (χ4v) is 6.14. The molecule has 5 aromatic rings. The van der Waals surface area contributed by atoms with Gasteiger partial charge >= 0.3 is 5.91 Å². The van der Waals surface area contributed by atoms with Crippen molar-refractivity contribution in [2.24, 2.45) is 0 Å². The number of imidazole rings is 1. The number of pyridine rings is 1. The first-order valence-electron chi connectivity index (χ1n) is 12.9. The molecule has 1 aliphatic heterocycles. The first kappa shape index (κ1) is 26.3. The second-order valence-electron chi connectivity index (χ2n) is 9.32. The number of nitrogens with zero attached hydrogens (tertiary/aromatic N) is 4. The lowest BCUT2D eigenvalue weighted by atomic mass is 9.96. The number of carbonyl (C=O) groups excluding carboxylic acids is 2. The number of carbonyl (C=O) groups is 2. The van der Waals surface area contributed by atoms with Gasteiger partial charge in [-0.1, -0.05) is 23.5 Å². The average molecular weight is 571 g/mol. The number of rotatable bonds is 7. The molecule has 1 atom stereocenters. The number of aromatic nitrogens is 3. The van der Waals surface area contributed by atoms with E-state index in [9.17, 15) is 14.7 Å². The van der Waals surface area contributed by atoms with Crippen LogP contribution in [0.25, 0.3) is 21.6 Å². The molecule has 1 saturated heterocycles. The van der Waals surface area contributed by atoms with Crippen molar-refractivity contribution in [2.45, 2.75) is 19.9 Å². The molecule has 3 aromatic heterocycles. The van der Waals surface area contributed by atoms with Gasteiger partial charge in [0.1, 0.15) is 17.1 Å². The molecule has 0 bridgehead atoms. The molecule has 1 aliphatic rings. The topological polar surface area (TPSA) is 115 Å². The molecule has 2 aromatic carbocycles. The van der Waals surface area contributed by atoms with E-state index in [1.165, 1.54) is 23.3 Å². The number of hydrogen-bond acceptors (Lipinski definition) is 9. The van der Waals surface area contributed by atoms with Gasteiger partial charge in [0.2, 0.25) is 0 Å². The van der Waals surface area contributed by atoms with E-state index in [1.54, 1.807) is 67.1 Å². The minimum absolute atomic E-state index is 0.0770. The first-order valence-corrected chi connectivity index (χ1v) is 13.7. The van der Waals surface area contributed by atoms with Crippen molar-refractivity contribution in [2.75, 3.05) is 25.7 Å². The number of amides is 1. The van der Waals surface area contributed by atoms with Gasteiger partial charge in [-0.2, -0.15) is 0 Å². The highest BCUT2D eigenvalue weighted by Gasteiger charge is 2.49. The Morgan fingerprint density at radius 3 is 2.61 bits per heavy atom. The Morgan fingerprint density at radius 1 is 1.02 bits per heavy atom. The minimum Gasteiger partial charge on any atom is -0.505 e. The van der Waals surface area contributed by atoms with Crippen molar-refractivity contribution in [3.63, 3.8) is 0 Å². The van der Waals surface area contributed by atoms with E-state index in [-0.39, 0.29) is 11.3 Å². The van der Waals surface area contributed by atoms with Crippen molar-refractivity contribution in [1.29, 1.82) is 0 Å². The van der Waals surface area contributed by atoms with Gasteiger partial charge < -0.3 is 19.3 Å². The predicted molar refractivity (Wildman–Crippen MR) is 155 cm³/mol. The summed E-state index contributed by atoms with van der Waals surface area (Å²) in [5.41, 5.74) is 2.54. The van der Waals surface area contributed by atoms with E-state index in [0.29, 0.717) is 57.1 Å². The number of Topliss-reactive ketones (excluding diaryl/α,β-unsaturated/α-hetero) is 1. The van der Waals surface area contributed by atoms with Crippen LogP contribution in [-0.4, -0.2) is 52.0 Å². The molecule has 1 N–H and O–H groups in total. The Bertz CT molecular complexity index is 1870. The van der Waals surface area contributed by atoms with Crippen LogP contribution >= 0.6 is 11.3 Å². The molecule has 6 rings (SSSR count). The number of aliphatic hydroxyl groups excluding tert-OH is 1.